The van der Waals surface area contributed by atoms with Crippen molar-refractivity contribution in [1.82, 2.24) is 5.32 Å². The van der Waals surface area contributed by atoms with Crippen LogP contribution in [0.5, 0.6) is 5.75 Å². The van der Waals surface area contributed by atoms with Crippen LogP contribution in [0.25, 0.3) is 0 Å². The van der Waals surface area contributed by atoms with Crippen LogP contribution in [0, 0.1) is 0 Å². The molecule has 5 nitrogen and oxygen atoms in total. The number of para-hydroxylation sites is 1. The Labute approximate surface area is 174 Å². The van der Waals surface area contributed by atoms with Gasteiger partial charge in [-0.1, -0.05) is 54.1 Å². The number of hydrogen-bond acceptors (Lipinski definition) is 3. The lowest BCUT2D eigenvalue weighted by Crippen LogP contribution is -2.31. The van der Waals surface area contributed by atoms with E-state index in [2.05, 4.69) is 10.6 Å². The number of nitrogens with one attached hydrogen (secondary N) is 2. The van der Waals surface area contributed by atoms with Crippen molar-refractivity contribution in [3.8, 4) is 5.75 Å². The number of carbonyl (C=O) groups excluding carboxylic acids is 2. The fourth-order valence-electron chi connectivity index (χ4n) is 2.67. The van der Waals surface area contributed by atoms with Crippen molar-refractivity contribution >= 4 is 29.1 Å². The van der Waals surface area contributed by atoms with Crippen molar-refractivity contribution in [3.63, 3.8) is 0 Å². The predicted molar refractivity (Wildman–Crippen MR) is 114 cm³/mol. The molecular formula is C23H21ClN2O3. The van der Waals surface area contributed by atoms with Crippen LogP contribution in [-0.4, -0.2) is 17.9 Å². The Kier molecular flexibility index (Phi) is 6.87. The molecule has 0 saturated carbocycles. The zero-order valence-electron chi connectivity index (χ0n) is 15.9. The van der Waals surface area contributed by atoms with Gasteiger partial charge in [0.25, 0.3) is 11.8 Å². The number of benzene rings is 3. The normalized spacial score (nSPS) is 11.4. The lowest BCUT2D eigenvalue weighted by molar-refractivity contribution is -0.122. The van der Waals surface area contributed by atoms with E-state index in [1.54, 1.807) is 55.5 Å². The molecule has 0 aromatic heterocycles. The van der Waals surface area contributed by atoms with Crippen LogP contribution in [0.3, 0.4) is 0 Å². The third-order valence-electron chi connectivity index (χ3n) is 4.22. The predicted octanol–water partition coefficient (Wildman–Crippen LogP) is 4.68. The molecule has 0 bridgehead atoms. The highest BCUT2D eigenvalue weighted by molar-refractivity contribution is 6.30. The maximum atomic E-state index is 12.6. The van der Waals surface area contributed by atoms with Crippen molar-refractivity contribution in [3.05, 3.63) is 95.0 Å². The molecule has 2 amide bonds. The van der Waals surface area contributed by atoms with Gasteiger partial charge in [0.05, 0.1) is 11.3 Å². The van der Waals surface area contributed by atoms with Gasteiger partial charge in [0, 0.05) is 11.6 Å². The van der Waals surface area contributed by atoms with Crippen LogP contribution in [0.15, 0.2) is 78.9 Å². The number of carbonyl (C=O) groups is 2. The highest BCUT2D eigenvalue weighted by atomic mass is 35.5. The summed E-state index contributed by atoms with van der Waals surface area (Å²) in [5.74, 6) is -0.0924. The van der Waals surface area contributed by atoms with Crippen LogP contribution in [0.2, 0.25) is 5.02 Å². The van der Waals surface area contributed by atoms with Gasteiger partial charge in [0.2, 0.25) is 0 Å². The van der Waals surface area contributed by atoms with Gasteiger partial charge in [-0.25, -0.2) is 0 Å². The Hall–Kier alpha value is -3.31. The molecule has 0 aliphatic heterocycles. The quantitative estimate of drug-likeness (QED) is 0.596. The second kappa shape index (κ2) is 9.75. The summed E-state index contributed by atoms with van der Waals surface area (Å²) in [4.78, 5) is 25.2. The summed E-state index contributed by atoms with van der Waals surface area (Å²) < 4.78 is 5.64. The smallest absolute Gasteiger partial charge is 0.265 e. The molecule has 1 atom stereocenters. The molecule has 29 heavy (non-hydrogen) atoms. The molecule has 0 radical (unpaired) electrons. The SMILES string of the molecule is C[C@@H](Oc1ccc(Cl)cc1)C(=O)Nc1ccccc1C(=O)NCc1ccccc1. The van der Waals surface area contributed by atoms with Gasteiger partial charge < -0.3 is 15.4 Å². The number of rotatable bonds is 7. The molecule has 2 N–H and O–H groups in total. The van der Waals surface area contributed by atoms with Gasteiger partial charge in [-0.2, -0.15) is 0 Å². The first-order chi connectivity index (χ1) is 14.0. The first-order valence-corrected chi connectivity index (χ1v) is 9.55. The zero-order chi connectivity index (χ0) is 20.6. The van der Waals surface area contributed by atoms with E-state index in [1.807, 2.05) is 30.3 Å². The third-order valence-corrected chi connectivity index (χ3v) is 4.47. The molecule has 3 aromatic rings. The van der Waals surface area contributed by atoms with E-state index in [1.165, 1.54) is 0 Å². The minimum Gasteiger partial charge on any atom is -0.481 e. The average Bonchev–Trinajstić information content (AvgIpc) is 2.74. The minimum absolute atomic E-state index is 0.268. The Morgan fingerprint density at radius 1 is 0.931 bits per heavy atom. The van der Waals surface area contributed by atoms with E-state index in [4.69, 9.17) is 16.3 Å². The van der Waals surface area contributed by atoms with Crippen LogP contribution < -0.4 is 15.4 Å². The number of amides is 2. The Morgan fingerprint density at radius 3 is 2.31 bits per heavy atom. The van der Waals surface area contributed by atoms with E-state index < -0.39 is 6.10 Å². The van der Waals surface area contributed by atoms with Gasteiger partial charge in [-0.05, 0) is 48.9 Å². The number of ether oxygens (including phenoxy) is 1. The Bertz CT molecular complexity index is 975. The van der Waals surface area contributed by atoms with Gasteiger partial charge >= 0.3 is 0 Å². The highest BCUT2D eigenvalue weighted by Gasteiger charge is 2.18. The highest BCUT2D eigenvalue weighted by Crippen LogP contribution is 2.19. The van der Waals surface area contributed by atoms with Gasteiger partial charge in [0.15, 0.2) is 6.10 Å². The second-order valence-corrected chi connectivity index (χ2v) is 6.85. The molecule has 3 rings (SSSR count). The van der Waals surface area contributed by atoms with Crippen LogP contribution in [0.1, 0.15) is 22.8 Å². The summed E-state index contributed by atoms with van der Waals surface area (Å²) in [5, 5.41) is 6.23. The summed E-state index contributed by atoms with van der Waals surface area (Å²) in [5.41, 5.74) is 1.80. The maximum Gasteiger partial charge on any atom is 0.265 e. The minimum atomic E-state index is -0.753. The van der Waals surface area contributed by atoms with Gasteiger partial charge in [-0.15, -0.1) is 0 Å². The van der Waals surface area contributed by atoms with Crippen molar-refractivity contribution in [2.45, 2.75) is 19.6 Å². The topological polar surface area (TPSA) is 67.4 Å². The van der Waals surface area contributed by atoms with Crippen molar-refractivity contribution in [2.75, 3.05) is 5.32 Å². The molecule has 148 valence electrons. The number of hydrogen-bond donors (Lipinski definition) is 2. The van der Waals surface area contributed by atoms with Crippen LogP contribution in [0.4, 0.5) is 5.69 Å². The molecule has 3 aromatic carbocycles. The standard InChI is InChI=1S/C23H21ClN2O3/c1-16(29-19-13-11-18(24)12-14-19)22(27)26-21-10-6-5-9-20(21)23(28)25-15-17-7-3-2-4-8-17/h2-14,16H,15H2,1H3,(H,25,28)(H,26,27)/t16-/m1/s1. The summed E-state index contributed by atoms with van der Waals surface area (Å²) in [7, 11) is 0. The first kappa shape index (κ1) is 20.4. The average molecular weight is 409 g/mol. The summed E-state index contributed by atoms with van der Waals surface area (Å²) >= 11 is 5.86. The fraction of sp³-hybridized carbons (Fsp3) is 0.130. The zero-order valence-corrected chi connectivity index (χ0v) is 16.6. The second-order valence-electron chi connectivity index (χ2n) is 6.42. The molecule has 0 fully saturated rings. The Balaban J connectivity index is 1.63. The van der Waals surface area contributed by atoms with E-state index in [9.17, 15) is 9.59 Å². The van der Waals surface area contributed by atoms with Crippen molar-refractivity contribution in [1.29, 1.82) is 0 Å². The first-order valence-electron chi connectivity index (χ1n) is 9.17. The molecule has 0 saturated heterocycles. The third kappa shape index (κ3) is 5.83. The van der Waals surface area contributed by atoms with Gasteiger partial charge in [-0.3, -0.25) is 9.59 Å². The fourth-order valence-corrected chi connectivity index (χ4v) is 2.79. The largest absolute Gasteiger partial charge is 0.481 e. The van der Waals surface area contributed by atoms with Crippen LogP contribution in [-0.2, 0) is 11.3 Å². The van der Waals surface area contributed by atoms with Crippen LogP contribution >= 0.6 is 11.6 Å². The number of anilines is 1. The molecule has 0 aliphatic rings. The molecule has 6 heteroatoms. The number of halogens is 1. The van der Waals surface area contributed by atoms with Crippen molar-refractivity contribution in [2.24, 2.45) is 0 Å². The summed E-state index contributed by atoms with van der Waals surface area (Å²) in [6, 6.07) is 23.2. The van der Waals surface area contributed by atoms with Crippen molar-refractivity contribution < 1.29 is 14.3 Å². The lowest BCUT2D eigenvalue weighted by atomic mass is 10.1. The van der Waals surface area contributed by atoms with E-state index in [0.717, 1.165) is 5.56 Å². The lowest BCUT2D eigenvalue weighted by Gasteiger charge is -2.16. The molecule has 0 aliphatic carbocycles. The van der Waals surface area contributed by atoms with E-state index in [-0.39, 0.29) is 11.8 Å². The molecule has 0 heterocycles. The molecule has 0 spiro atoms. The van der Waals surface area contributed by atoms with E-state index in [0.29, 0.717) is 28.6 Å². The summed E-state index contributed by atoms with van der Waals surface area (Å²) in [6.45, 7) is 2.04. The monoisotopic (exact) mass is 408 g/mol. The molecular weight excluding hydrogens is 388 g/mol. The van der Waals surface area contributed by atoms with Gasteiger partial charge in [0.1, 0.15) is 5.75 Å². The molecule has 0 unspecified atom stereocenters. The Morgan fingerprint density at radius 2 is 1.59 bits per heavy atom. The maximum absolute atomic E-state index is 12.6. The summed E-state index contributed by atoms with van der Waals surface area (Å²) in [6.07, 6.45) is -0.753. The van der Waals surface area contributed by atoms with E-state index >= 15 is 0 Å².